The van der Waals surface area contributed by atoms with Gasteiger partial charge in [0.05, 0.1) is 44.2 Å². The van der Waals surface area contributed by atoms with Gasteiger partial charge in [-0.25, -0.2) is 57.4 Å². The van der Waals surface area contributed by atoms with E-state index in [-0.39, 0.29) is 34.0 Å². The van der Waals surface area contributed by atoms with E-state index in [0.717, 1.165) is 17.2 Å². The highest BCUT2D eigenvalue weighted by Crippen LogP contribution is 2.56. The summed E-state index contributed by atoms with van der Waals surface area (Å²) in [5, 5.41) is 0. The van der Waals surface area contributed by atoms with Crippen molar-refractivity contribution in [3.8, 4) is 0 Å². The zero-order valence-corrected chi connectivity index (χ0v) is 36.3. The van der Waals surface area contributed by atoms with E-state index in [4.69, 9.17) is 67.2 Å². The molecule has 2 aliphatic rings. The molecule has 4 aromatic heterocycles. The minimum atomic E-state index is -5.17. The molecule has 0 saturated carbocycles. The Morgan fingerprint density at radius 1 is 0.746 bits per heavy atom. The summed E-state index contributed by atoms with van der Waals surface area (Å²) in [4.78, 5) is 48.4. The molecule has 2 fully saturated rings. The maximum atomic E-state index is 16.9. The SMILES string of the molecule is COCP(=O)(OCOC(=O)OC(C)C)OC[C@H]1O[C@@H](n2cnc3c(N)ncnc32)[C@H](F)[C@@H]1OP(=O)(OCOC(=O)OC(C)C)OC[C@H]1O[C@@H](n2cnc3c(N)ncnc32)[C@H](F)[C@@H]1C. The van der Waals surface area contributed by atoms with Crippen molar-refractivity contribution in [2.24, 2.45) is 5.92 Å². The molecule has 0 radical (unpaired) electrons. The van der Waals surface area contributed by atoms with E-state index < -0.39 is 122 Å². The van der Waals surface area contributed by atoms with Crippen LogP contribution in [0.5, 0.6) is 0 Å². The van der Waals surface area contributed by atoms with Crippen molar-refractivity contribution in [3.05, 3.63) is 25.3 Å². The molecule has 0 amide bonds. The smallest absolute Gasteiger partial charge is 0.432 e. The van der Waals surface area contributed by atoms with Crippen LogP contribution in [0.25, 0.3) is 22.3 Å². The van der Waals surface area contributed by atoms with Crippen LogP contribution in [-0.2, 0) is 64.9 Å². The first kappa shape index (κ1) is 47.7. The average molecular weight is 939 g/mol. The number of rotatable bonds is 20. The van der Waals surface area contributed by atoms with Gasteiger partial charge >= 0.3 is 27.7 Å². The number of hydrogen-bond donors (Lipinski definition) is 2. The number of hydrogen-bond acceptors (Lipinski definition) is 24. The number of halogens is 2. The number of phosphoric ester groups is 1. The molecule has 2 unspecified atom stereocenters. The van der Waals surface area contributed by atoms with Crippen LogP contribution in [0.1, 0.15) is 47.1 Å². The molecule has 4 aromatic rings. The van der Waals surface area contributed by atoms with Crippen molar-refractivity contribution in [3.63, 3.8) is 0 Å². The number of carbonyl (C=O) groups is 2. The van der Waals surface area contributed by atoms with E-state index in [1.54, 1.807) is 13.8 Å². The fraction of sp³-hybridized carbons (Fsp3) is 0.636. The number of ether oxygens (including phenoxy) is 7. The van der Waals surface area contributed by atoms with Crippen LogP contribution < -0.4 is 11.5 Å². The molecular formula is C33H46F2N10O16P2. The number of nitrogens with two attached hydrogens (primary N) is 2. The lowest BCUT2D eigenvalue weighted by atomic mass is 10.0. The Bertz CT molecular complexity index is 2310. The molecule has 26 nitrogen and oxygen atoms in total. The Labute approximate surface area is 356 Å². The van der Waals surface area contributed by atoms with Gasteiger partial charge in [0.2, 0.25) is 13.6 Å². The van der Waals surface area contributed by atoms with Crippen molar-refractivity contribution in [2.45, 2.75) is 89.9 Å². The summed E-state index contributed by atoms with van der Waals surface area (Å²) in [6.45, 7) is 4.14. The minimum absolute atomic E-state index is 0.0181. The second-order valence-corrected chi connectivity index (χ2v) is 17.9. The van der Waals surface area contributed by atoms with E-state index in [2.05, 4.69) is 29.9 Å². The van der Waals surface area contributed by atoms with Gasteiger partial charge < -0.3 is 49.1 Å². The maximum absolute atomic E-state index is 16.9. The fourth-order valence-corrected chi connectivity index (χ4v) is 8.54. The van der Waals surface area contributed by atoms with Crippen LogP contribution in [0.3, 0.4) is 0 Å². The molecule has 30 heteroatoms. The number of anilines is 2. The largest absolute Gasteiger partial charge is 0.510 e. The molecule has 0 aliphatic carbocycles. The van der Waals surface area contributed by atoms with Gasteiger partial charge in [-0.2, -0.15) is 0 Å². The summed E-state index contributed by atoms with van der Waals surface area (Å²) in [7, 11) is -8.35. The van der Waals surface area contributed by atoms with Crippen LogP contribution >= 0.6 is 15.4 Å². The Balaban J connectivity index is 1.26. The van der Waals surface area contributed by atoms with Gasteiger partial charge in [-0.3, -0.25) is 27.3 Å². The van der Waals surface area contributed by atoms with E-state index in [1.165, 1.54) is 45.1 Å². The van der Waals surface area contributed by atoms with Gasteiger partial charge in [0.15, 0.2) is 47.7 Å². The normalized spacial score (nSPS) is 25.7. The number of phosphoric acid groups is 1. The van der Waals surface area contributed by atoms with Crippen LogP contribution in [0.4, 0.5) is 30.0 Å². The van der Waals surface area contributed by atoms with Crippen LogP contribution in [0.15, 0.2) is 25.3 Å². The first-order valence-corrected chi connectivity index (χ1v) is 22.2. The highest BCUT2D eigenvalue weighted by molar-refractivity contribution is 7.53. The molecule has 0 spiro atoms. The third-order valence-corrected chi connectivity index (χ3v) is 12.1. The van der Waals surface area contributed by atoms with Crippen LogP contribution in [0, 0.1) is 5.92 Å². The van der Waals surface area contributed by atoms with Gasteiger partial charge in [0.25, 0.3) is 0 Å². The molecule has 2 aliphatic heterocycles. The molecule has 4 N–H and O–H groups in total. The highest BCUT2D eigenvalue weighted by Gasteiger charge is 2.53. The minimum Gasteiger partial charge on any atom is -0.432 e. The Kier molecular flexibility index (Phi) is 15.4. The monoisotopic (exact) mass is 938 g/mol. The van der Waals surface area contributed by atoms with Crippen molar-refractivity contribution >= 4 is 61.7 Å². The number of fused-ring (bicyclic) bond motifs is 2. The van der Waals surface area contributed by atoms with Crippen molar-refractivity contribution in [2.75, 3.05) is 51.7 Å². The number of alkyl halides is 2. The lowest BCUT2D eigenvalue weighted by Gasteiger charge is -2.27. The Morgan fingerprint density at radius 2 is 1.25 bits per heavy atom. The predicted octanol–water partition coefficient (Wildman–Crippen LogP) is 4.33. The topological polar surface area (TPSA) is 318 Å². The van der Waals surface area contributed by atoms with Crippen molar-refractivity contribution in [1.29, 1.82) is 0 Å². The summed E-state index contributed by atoms with van der Waals surface area (Å²) in [6.07, 6.45) is -11.4. The third kappa shape index (κ3) is 11.3. The summed E-state index contributed by atoms with van der Waals surface area (Å²) in [5.41, 5.74) is 12.3. The van der Waals surface area contributed by atoms with Crippen LogP contribution in [0.2, 0.25) is 0 Å². The second kappa shape index (κ2) is 20.4. The Morgan fingerprint density at radius 3 is 1.79 bits per heavy atom. The number of nitrogen functional groups attached to an aromatic ring is 2. The molecule has 2 saturated heterocycles. The van der Waals surface area contributed by atoms with Crippen LogP contribution in [-0.4, -0.2) is 134 Å². The van der Waals surface area contributed by atoms with Crippen molar-refractivity contribution < 1.29 is 83.3 Å². The summed E-state index contributed by atoms with van der Waals surface area (Å²) >= 11 is 0. The van der Waals surface area contributed by atoms with Gasteiger partial charge in [-0.1, -0.05) is 6.92 Å². The number of carbonyl (C=O) groups excluding carboxylic acids is 2. The standard InChI is InChI=1S/C33H46F2N10O16P2/c1-16(2)57-32(46)51-13-55-62(48,15-50-6)53-8-20-25(22(35)31(60-20)45-12-43-24-27(37)39-10-41-29(24)45)61-63(49,56-14-52-33(47)58-17(3)4)54-7-19-18(5)21(34)30(59-19)44-11-42-23-26(36)38-9-40-28(23)44/h9-12,16-22,25,30-31H,7-8,13-15H2,1-6H3,(H2,36,38,40)(H2,37,39,41)/t18-,19-,20-,21-,22-,25-,30-,31-,62?,63?/m1/s1. The van der Waals surface area contributed by atoms with Crippen molar-refractivity contribution in [1.82, 2.24) is 39.0 Å². The highest BCUT2D eigenvalue weighted by atomic mass is 31.2. The molecule has 0 aromatic carbocycles. The molecule has 63 heavy (non-hydrogen) atoms. The summed E-state index contributed by atoms with van der Waals surface area (Å²) < 4.78 is 128. The van der Waals surface area contributed by atoms with E-state index in [9.17, 15) is 18.7 Å². The lowest BCUT2D eigenvalue weighted by molar-refractivity contribution is -0.0654. The Hall–Kier alpha value is -4.76. The van der Waals surface area contributed by atoms with Gasteiger partial charge in [0.1, 0.15) is 42.2 Å². The lowest BCUT2D eigenvalue weighted by Crippen LogP contribution is -2.35. The van der Waals surface area contributed by atoms with Gasteiger partial charge in [-0.15, -0.1) is 0 Å². The quantitative estimate of drug-likeness (QED) is 0.0707. The van der Waals surface area contributed by atoms with E-state index >= 15 is 8.78 Å². The van der Waals surface area contributed by atoms with Gasteiger partial charge in [0, 0.05) is 13.0 Å². The zero-order chi connectivity index (χ0) is 45.6. The molecule has 348 valence electrons. The number of imidazole rings is 2. The number of methoxy groups -OCH3 is 1. The molecule has 10 atom stereocenters. The molecule has 0 bridgehead atoms. The average Bonchev–Trinajstić information content (AvgIpc) is 3.98. The second-order valence-electron chi connectivity index (χ2n) is 14.3. The maximum Gasteiger partial charge on any atom is 0.510 e. The first-order valence-electron chi connectivity index (χ1n) is 19.0. The molecule has 6 rings (SSSR count). The summed E-state index contributed by atoms with van der Waals surface area (Å²) in [6, 6.07) is 0. The van der Waals surface area contributed by atoms with E-state index in [0.29, 0.717) is 0 Å². The molecular weight excluding hydrogens is 892 g/mol. The number of aromatic nitrogens is 8. The predicted molar refractivity (Wildman–Crippen MR) is 207 cm³/mol. The number of nitrogens with zero attached hydrogens (tertiary/aromatic N) is 8. The zero-order valence-electron chi connectivity index (χ0n) is 34.5. The van der Waals surface area contributed by atoms with Gasteiger partial charge in [-0.05, 0) is 27.7 Å². The fourth-order valence-electron chi connectivity index (χ4n) is 6.16. The summed E-state index contributed by atoms with van der Waals surface area (Å²) in [5.74, 6) is -0.936. The van der Waals surface area contributed by atoms with E-state index in [1.807, 2.05) is 0 Å². The molecule has 6 heterocycles. The first-order chi connectivity index (χ1) is 29.9. The third-order valence-electron chi connectivity index (χ3n) is 9.11.